The summed E-state index contributed by atoms with van der Waals surface area (Å²) in [6, 6.07) is 5.00. The number of aryl methyl sites for hydroxylation is 2. The van der Waals surface area contributed by atoms with Gasteiger partial charge in [-0.1, -0.05) is 30.3 Å². The molecule has 0 bridgehead atoms. The third-order valence-electron chi connectivity index (χ3n) is 2.93. The van der Waals surface area contributed by atoms with Gasteiger partial charge in [0.25, 0.3) is 0 Å². The number of hydrogen-bond donors (Lipinski definition) is 0. The zero-order valence-corrected chi connectivity index (χ0v) is 8.31. The minimum Gasteiger partial charge on any atom is -0.0614 e. The van der Waals surface area contributed by atoms with Crippen molar-refractivity contribution in [3.8, 4) is 0 Å². The van der Waals surface area contributed by atoms with Gasteiger partial charge in [0.05, 0.1) is 1.37 Å². The van der Waals surface area contributed by atoms with E-state index in [2.05, 4.69) is 0 Å². The van der Waals surface area contributed by atoms with Crippen LogP contribution in [0.2, 0.25) is 0 Å². The lowest BCUT2D eigenvalue weighted by molar-refractivity contribution is 0.516. The molecule has 1 unspecified atom stereocenters. The highest BCUT2D eigenvalue weighted by molar-refractivity contribution is 5.91. The molecule has 0 nitrogen and oxygen atoms in total. The molecule has 2 aromatic carbocycles. The van der Waals surface area contributed by atoms with Gasteiger partial charge in [0.1, 0.15) is 0 Å². The van der Waals surface area contributed by atoms with Gasteiger partial charge in [-0.15, -0.1) is 0 Å². The molecule has 2 aromatic rings. The molecule has 0 saturated carbocycles. The van der Waals surface area contributed by atoms with Gasteiger partial charge in [0.15, 0.2) is 0 Å². The van der Waals surface area contributed by atoms with Crippen LogP contribution >= 0.6 is 0 Å². The van der Waals surface area contributed by atoms with Crippen LogP contribution in [0.5, 0.6) is 0 Å². The average Bonchev–Trinajstić information content (AvgIpc) is 2.56. The maximum Gasteiger partial charge on any atom is 0.0626 e. The van der Waals surface area contributed by atoms with E-state index >= 15 is 0 Å². The van der Waals surface area contributed by atoms with Gasteiger partial charge < -0.3 is 0 Å². The van der Waals surface area contributed by atoms with Crippen LogP contribution in [0.4, 0.5) is 0 Å². The molecule has 2 aliphatic rings. The van der Waals surface area contributed by atoms with Crippen LogP contribution in [0, 0.1) is 0 Å². The first-order chi connectivity index (χ1) is 12.5. The summed E-state index contributed by atoms with van der Waals surface area (Å²) < 4.78 is 100. The molecular formula is C16H16. The summed E-state index contributed by atoms with van der Waals surface area (Å²) >= 11 is 0. The number of hydrogen-bond acceptors (Lipinski definition) is 0. The Morgan fingerprint density at radius 1 is 1.19 bits per heavy atom. The van der Waals surface area contributed by atoms with Crippen molar-refractivity contribution in [2.75, 3.05) is 0 Å². The van der Waals surface area contributed by atoms with Crippen LogP contribution in [-0.4, -0.2) is 0 Å². The van der Waals surface area contributed by atoms with Gasteiger partial charge >= 0.3 is 0 Å². The van der Waals surface area contributed by atoms with Gasteiger partial charge in [-0.2, -0.15) is 0 Å². The average molecular weight is 220 g/mol. The second kappa shape index (κ2) is 3.10. The van der Waals surface area contributed by atoms with E-state index in [0.717, 1.165) is 0 Å². The van der Waals surface area contributed by atoms with Gasteiger partial charge in [-0.3, -0.25) is 0 Å². The summed E-state index contributed by atoms with van der Waals surface area (Å²) in [5, 5.41) is 0.234. The Kier molecular flexibility index (Phi) is 0.606. The molecule has 0 N–H and O–H groups in total. The predicted molar refractivity (Wildman–Crippen MR) is 67.9 cm³/mol. The Bertz CT molecular complexity index is 1040. The molecule has 0 aromatic heterocycles. The minimum atomic E-state index is -3.42. The highest BCUT2D eigenvalue weighted by Crippen LogP contribution is 2.43. The Hall–Kier alpha value is -1.30. The normalized spacial score (nSPS) is 53.8. The lowest BCUT2D eigenvalue weighted by atomic mass is 9.73. The molecule has 0 spiro atoms. The Morgan fingerprint density at radius 2 is 2.19 bits per heavy atom. The maximum absolute atomic E-state index is 8.88. The molecule has 80 valence electrons. The summed E-state index contributed by atoms with van der Waals surface area (Å²) in [5.41, 5.74) is -1.18. The summed E-state index contributed by atoms with van der Waals surface area (Å²) in [7, 11) is 0. The third kappa shape index (κ3) is 1.05. The van der Waals surface area contributed by atoms with Crippen LogP contribution in [0.1, 0.15) is 58.2 Å². The predicted octanol–water partition coefficient (Wildman–Crippen LogP) is 4.21. The topological polar surface area (TPSA) is 0 Å². The quantitative estimate of drug-likeness (QED) is 0.624. The molecule has 0 radical (unpaired) electrons. The molecule has 1 atom stereocenters. The first-order valence-corrected chi connectivity index (χ1v) is 5.07. The molecular weight excluding hydrogens is 192 g/mol. The standard InChI is InChI=1S/C16H16/c1-3-11-7-9-13-5-2-6-14-10-8-12(4-1)15(11)16(13)14/h1,3-4,7,9,14H,2,5-6,8,10H2/i2D2,4D,5D2,6D2,8D2,10D2,14D. The van der Waals surface area contributed by atoms with Gasteiger partial charge in [0.2, 0.25) is 0 Å². The number of benzene rings is 2. The molecule has 0 saturated heterocycles. The molecule has 0 aliphatic heterocycles. The minimum absolute atomic E-state index is 0.0802. The summed E-state index contributed by atoms with van der Waals surface area (Å²) in [6.45, 7) is 0. The third-order valence-corrected chi connectivity index (χ3v) is 2.93. The van der Waals surface area contributed by atoms with Gasteiger partial charge in [-0.25, -0.2) is 0 Å². The van der Waals surface area contributed by atoms with Crippen molar-refractivity contribution in [3.63, 3.8) is 0 Å². The monoisotopic (exact) mass is 220 g/mol. The van der Waals surface area contributed by atoms with E-state index in [1.54, 1.807) is 0 Å². The fraction of sp³-hybridized carbons (Fsp3) is 0.375. The van der Waals surface area contributed by atoms with E-state index in [1.807, 2.05) is 0 Å². The SMILES string of the molecule is [2H]c1ccc2ccc3c4c2c1C([2H])([2H])C([2H])([2H])C4([2H])C([2H])([2H])C([2H])([2H])C3([2H])[2H]. The Balaban J connectivity index is 2.40. The molecule has 0 heterocycles. The molecule has 2 aliphatic carbocycles. The highest BCUT2D eigenvalue weighted by Gasteiger charge is 2.26. The fourth-order valence-electron chi connectivity index (χ4n) is 2.22. The second-order valence-electron chi connectivity index (χ2n) is 3.81. The van der Waals surface area contributed by atoms with Crippen molar-refractivity contribution in [3.05, 3.63) is 47.0 Å². The van der Waals surface area contributed by atoms with Crippen LogP contribution < -0.4 is 0 Å². The van der Waals surface area contributed by atoms with Crippen molar-refractivity contribution in [2.24, 2.45) is 0 Å². The van der Waals surface area contributed by atoms with Crippen molar-refractivity contribution in [2.45, 2.75) is 37.8 Å². The van der Waals surface area contributed by atoms with Crippen molar-refractivity contribution >= 4 is 10.8 Å². The van der Waals surface area contributed by atoms with E-state index in [0.29, 0.717) is 5.39 Å². The van der Waals surface area contributed by atoms with Crippen LogP contribution in [0.3, 0.4) is 0 Å². The van der Waals surface area contributed by atoms with E-state index in [4.69, 9.17) is 16.4 Å². The fourth-order valence-corrected chi connectivity index (χ4v) is 2.22. The lowest BCUT2D eigenvalue weighted by Gasteiger charge is -2.31. The van der Waals surface area contributed by atoms with Crippen molar-refractivity contribution in [1.82, 2.24) is 0 Å². The molecule has 16 heavy (non-hydrogen) atoms. The largest absolute Gasteiger partial charge is 0.0626 e. The highest BCUT2D eigenvalue weighted by atomic mass is 14.3. The summed E-state index contributed by atoms with van der Waals surface area (Å²) in [4.78, 5) is 0. The summed E-state index contributed by atoms with van der Waals surface area (Å²) in [5.74, 6) is -3.09. The zero-order valence-electron chi connectivity index (χ0n) is 20.3. The van der Waals surface area contributed by atoms with E-state index < -0.39 is 43.3 Å². The van der Waals surface area contributed by atoms with Crippen LogP contribution in [-0.2, 0) is 12.7 Å². The van der Waals surface area contributed by atoms with Crippen LogP contribution in [0.15, 0.2) is 30.3 Å². The maximum atomic E-state index is 8.88. The lowest BCUT2D eigenvalue weighted by Crippen LogP contribution is -2.15. The van der Waals surface area contributed by atoms with E-state index in [-0.39, 0.29) is 22.6 Å². The Morgan fingerprint density at radius 3 is 3.19 bits per heavy atom. The van der Waals surface area contributed by atoms with Crippen LogP contribution in [0.25, 0.3) is 10.8 Å². The molecule has 0 amide bonds. The Labute approximate surface area is 113 Å². The second-order valence-corrected chi connectivity index (χ2v) is 3.81. The molecule has 4 rings (SSSR count). The zero-order chi connectivity index (χ0) is 21.3. The molecule has 0 heteroatoms. The first kappa shape index (κ1) is 3.13. The van der Waals surface area contributed by atoms with Gasteiger partial charge in [-0.05, 0) is 65.2 Å². The summed E-state index contributed by atoms with van der Waals surface area (Å²) in [6.07, 6.45) is -15.9. The first-order valence-electron chi connectivity index (χ1n) is 11.1. The van der Waals surface area contributed by atoms with Gasteiger partial charge in [0, 0.05) is 15.1 Å². The smallest absolute Gasteiger partial charge is 0.0614 e. The van der Waals surface area contributed by atoms with E-state index in [9.17, 15) is 0 Å². The van der Waals surface area contributed by atoms with E-state index in [1.165, 1.54) is 24.3 Å². The van der Waals surface area contributed by atoms with Crippen molar-refractivity contribution < 1.29 is 16.4 Å². The van der Waals surface area contributed by atoms with Crippen molar-refractivity contribution in [1.29, 1.82) is 0 Å². The number of rotatable bonds is 0. The molecule has 0 fully saturated rings.